The number of carbonyl (C=O) groups is 1. The minimum absolute atomic E-state index is 0.211. The molecule has 0 atom stereocenters. The molecule has 1 rings (SSSR count). The Morgan fingerprint density at radius 3 is 2.81 bits per heavy atom. The van der Waals surface area contributed by atoms with E-state index in [2.05, 4.69) is 9.88 Å². The summed E-state index contributed by atoms with van der Waals surface area (Å²) >= 11 is 0. The molecule has 5 heteroatoms. The van der Waals surface area contributed by atoms with Gasteiger partial charge in [0.1, 0.15) is 0 Å². The van der Waals surface area contributed by atoms with Crippen molar-refractivity contribution in [1.29, 1.82) is 0 Å². The molecule has 5 nitrogen and oxygen atoms in total. The first-order chi connectivity index (χ1) is 7.63. The van der Waals surface area contributed by atoms with Crippen LogP contribution in [0.15, 0.2) is 18.3 Å². The molecule has 1 aromatic rings. The number of aromatic carboxylic acids is 1. The van der Waals surface area contributed by atoms with E-state index in [-0.39, 0.29) is 5.56 Å². The number of nitrogens with zero attached hydrogens (tertiary/aromatic N) is 2. The average molecular weight is 224 g/mol. The molecule has 1 N–H and O–H groups in total. The monoisotopic (exact) mass is 224 g/mol. The van der Waals surface area contributed by atoms with Gasteiger partial charge in [-0.15, -0.1) is 0 Å². The van der Waals surface area contributed by atoms with Gasteiger partial charge >= 0.3 is 5.97 Å². The number of aromatic nitrogens is 1. The molecule has 88 valence electrons. The third-order valence-corrected chi connectivity index (χ3v) is 2.18. The number of pyridine rings is 1. The fourth-order valence-corrected chi connectivity index (χ4v) is 1.25. The van der Waals surface area contributed by atoms with Crippen molar-refractivity contribution in [1.82, 2.24) is 9.88 Å². The minimum atomic E-state index is -0.952. The predicted octanol–water partition coefficient (Wildman–Crippen LogP) is 0.858. The number of likely N-dealkylation sites (N-methyl/N-ethyl adjacent to an activating group) is 1. The molecule has 0 bridgehead atoms. The Labute approximate surface area is 94.7 Å². The molecule has 0 saturated heterocycles. The van der Waals surface area contributed by atoms with Crippen LogP contribution < -0.4 is 0 Å². The first kappa shape index (κ1) is 12.6. The molecule has 1 aromatic heterocycles. The molecule has 0 aliphatic heterocycles. The molecule has 0 aliphatic carbocycles. The Morgan fingerprint density at radius 1 is 1.56 bits per heavy atom. The highest BCUT2D eigenvalue weighted by atomic mass is 16.5. The topological polar surface area (TPSA) is 62.7 Å². The molecule has 16 heavy (non-hydrogen) atoms. The summed E-state index contributed by atoms with van der Waals surface area (Å²) in [5, 5.41) is 8.71. The second-order valence-corrected chi connectivity index (χ2v) is 3.57. The zero-order valence-corrected chi connectivity index (χ0v) is 9.51. The lowest BCUT2D eigenvalue weighted by Gasteiger charge is -2.15. The van der Waals surface area contributed by atoms with Gasteiger partial charge in [0, 0.05) is 26.4 Å². The Kier molecular flexibility index (Phi) is 4.88. The minimum Gasteiger partial charge on any atom is -0.478 e. The Balaban J connectivity index is 2.51. The van der Waals surface area contributed by atoms with E-state index in [1.54, 1.807) is 19.2 Å². The fraction of sp³-hybridized carbons (Fsp3) is 0.455. The standard InChI is InChI=1S/C11H16N2O3/c1-13(5-6-16-2)8-10-4-3-9(7-12-10)11(14)15/h3-4,7H,5-6,8H2,1-2H3,(H,14,15). The van der Waals surface area contributed by atoms with Gasteiger partial charge in [-0.2, -0.15) is 0 Å². The average Bonchev–Trinajstić information content (AvgIpc) is 2.27. The van der Waals surface area contributed by atoms with Crippen LogP contribution in [-0.2, 0) is 11.3 Å². The molecule has 1 heterocycles. The summed E-state index contributed by atoms with van der Waals surface area (Å²) in [6, 6.07) is 3.29. The van der Waals surface area contributed by atoms with Gasteiger partial charge in [-0.3, -0.25) is 9.88 Å². The van der Waals surface area contributed by atoms with Crippen LogP contribution >= 0.6 is 0 Å². The zero-order valence-electron chi connectivity index (χ0n) is 9.51. The van der Waals surface area contributed by atoms with Crippen LogP contribution in [0, 0.1) is 0 Å². The lowest BCUT2D eigenvalue weighted by molar-refractivity contribution is 0.0696. The normalized spacial score (nSPS) is 10.7. The molecule has 0 aliphatic rings. The van der Waals surface area contributed by atoms with E-state index in [9.17, 15) is 4.79 Å². The van der Waals surface area contributed by atoms with Crippen molar-refractivity contribution in [2.45, 2.75) is 6.54 Å². The molecule has 0 amide bonds. The van der Waals surface area contributed by atoms with Crippen molar-refractivity contribution in [2.24, 2.45) is 0 Å². The van der Waals surface area contributed by atoms with Gasteiger partial charge in [-0.1, -0.05) is 0 Å². The number of ether oxygens (including phenoxy) is 1. The van der Waals surface area contributed by atoms with Gasteiger partial charge in [0.05, 0.1) is 17.9 Å². The molecule has 0 saturated carbocycles. The molecule has 0 unspecified atom stereocenters. The SMILES string of the molecule is COCCN(C)Cc1ccc(C(=O)O)cn1. The number of carboxylic acids is 1. The highest BCUT2D eigenvalue weighted by Gasteiger charge is 2.04. The molecular formula is C11H16N2O3. The third kappa shape index (κ3) is 3.96. The van der Waals surface area contributed by atoms with Gasteiger partial charge in [0.2, 0.25) is 0 Å². The number of hydrogen-bond donors (Lipinski definition) is 1. The largest absolute Gasteiger partial charge is 0.478 e. The van der Waals surface area contributed by atoms with Crippen molar-refractivity contribution in [2.75, 3.05) is 27.3 Å². The predicted molar refractivity (Wildman–Crippen MR) is 59.4 cm³/mol. The lowest BCUT2D eigenvalue weighted by atomic mass is 10.2. The van der Waals surface area contributed by atoms with Crippen LogP contribution in [0.5, 0.6) is 0 Å². The molecule has 0 fully saturated rings. The third-order valence-electron chi connectivity index (χ3n) is 2.18. The van der Waals surface area contributed by atoms with E-state index in [1.807, 2.05) is 7.05 Å². The fourth-order valence-electron chi connectivity index (χ4n) is 1.25. The van der Waals surface area contributed by atoms with Gasteiger partial charge in [0.15, 0.2) is 0 Å². The first-order valence-electron chi connectivity index (χ1n) is 4.99. The molecule has 0 spiro atoms. The summed E-state index contributed by atoms with van der Waals surface area (Å²) in [5.41, 5.74) is 1.06. The smallest absolute Gasteiger partial charge is 0.337 e. The second kappa shape index (κ2) is 6.19. The Morgan fingerprint density at radius 2 is 2.31 bits per heavy atom. The summed E-state index contributed by atoms with van der Waals surface area (Å²) in [6.07, 6.45) is 1.38. The summed E-state index contributed by atoms with van der Waals surface area (Å²) in [5.74, 6) is -0.952. The van der Waals surface area contributed by atoms with Gasteiger partial charge in [-0.05, 0) is 19.2 Å². The van der Waals surface area contributed by atoms with E-state index >= 15 is 0 Å². The maximum absolute atomic E-state index is 10.6. The maximum atomic E-state index is 10.6. The maximum Gasteiger partial charge on any atom is 0.337 e. The van der Waals surface area contributed by atoms with Crippen molar-refractivity contribution < 1.29 is 14.6 Å². The zero-order chi connectivity index (χ0) is 12.0. The van der Waals surface area contributed by atoms with Crippen LogP contribution in [-0.4, -0.2) is 48.3 Å². The lowest BCUT2D eigenvalue weighted by Crippen LogP contribution is -2.22. The van der Waals surface area contributed by atoms with E-state index in [4.69, 9.17) is 9.84 Å². The summed E-state index contributed by atoms with van der Waals surface area (Å²) in [4.78, 5) is 16.8. The summed E-state index contributed by atoms with van der Waals surface area (Å²) in [7, 11) is 3.62. The number of carboxylic acid groups (broad SMARTS) is 1. The van der Waals surface area contributed by atoms with E-state index in [0.29, 0.717) is 13.2 Å². The van der Waals surface area contributed by atoms with Gasteiger partial charge in [-0.25, -0.2) is 4.79 Å². The van der Waals surface area contributed by atoms with Crippen LogP contribution in [0.25, 0.3) is 0 Å². The summed E-state index contributed by atoms with van der Waals surface area (Å²) < 4.78 is 4.96. The number of rotatable bonds is 6. The number of hydrogen-bond acceptors (Lipinski definition) is 4. The quantitative estimate of drug-likeness (QED) is 0.776. The van der Waals surface area contributed by atoms with Crippen LogP contribution in [0.2, 0.25) is 0 Å². The number of methoxy groups -OCH3 is 1. The van der Waals surface area contributed by atoms with Gasteiger partial charge < -0.3 is 9.84 Å². The van der Waals surface area contributed by atoms with Crippen molar-refractivity contribution in [3.8, 4) is 0 Å². The highest BCUT2D eigenvalue weighted by Crippen LogP contribution is 2.02. The van der Waals surface area contributed by atoms with Crippen LogP contribution in [0.1, 0.15) is 16.1 Å². The molecular weight excluding hydrogens is 208 g/mol. The molecule has 0 aromatic carbocycles. The van der Waals surface area contributed by atoms with Crippen molar-refractivity contribution in [3.63, 3.8) is 0 Å². The van der Waals surface area contributed by atoms with Crippen molar-refractivity contribution >= 4 is 5.97 Å². The van der Waals surface area contributed by atoms with E-state index in [0.717, 1.165) is 12.2 Å². The summed E-state index contributed by atoms with van der Waals surface area (Å²) in [6.45, 7) is 2.17. The van der Waals surface area contributed by atoms with Crippen LogP contribution in [0.4, 0.5) is 0 Å². The second-order valence-electron chi connectivity index (χ2n) is 3.57. The van der Waals surface area contributed by atoms with E-state index < -0.39 is 5.97 Å². The van der Waals surface area contributed by atoms with Crippen LogP contribution in [0.3, 0.4) is 0 Å². The molecule has 0 radical (unpaired) electrons. The first-order valence-corrected chi connectivity index (χ1v) is 4.99. The van der Waals surface area contributed by atoms with E-state index in [1.165, 1.54) is 6.20 Å². The van der Waals surface area contributed by atoms with Crippen molar-refractivity contribution in [3.05, 3.63) is 29.6 Å². The Bertz CT molecular complexity index is 338. The Hall–Kier alpha value is -1.46. The van der Waals surface area contributed by atoms with Gasteiger partial charge in [0.25, 0.3) is 0 Å². The highest BCUT2D eigenvalue weighted by molar-refractivity contribution is 5.87.